The van der Waals surface area contributed by atoms with E-state index in [1.165, 1.54) is 23.9 Å². The van der Waals surface area contributed by atoms with Gasteiger partial charge in [-0.1, -0.05) is 30.0 Å². The van der Waals surface area contributed by atoms with Crippen molar-refractivity contribution in [1.29, 1.82) is 0 Å². The number of carbonyl (C=O) groups is 1. The van der Waals surface area contributed by atoms with Gasteiger partial charge in [0, 0.05) is 18.0 Å². The first kappa shape index (κ1) is 16.1. The summed E-state index contributed by atoms with van der Waals surface area (Å²) in [5, 5.41) is 3.66. The van der Waals surface area contributed by atoms with Crippen molar-refractivity contribution in [3.63, 3.8) is 0 Å². The minimum Gasteiger partial charge on any atom is -0.343 e. The second-order valence-corrected chi connectivity index (χ2v) is 6.93. The molecule has 25 heavy (non-hydrogen) atoms. The Bertz CT molecular complexity index is 954. The standard InChI is InChI=1S/C18H16FN3O2S/c1-25-18-21-16-15(17(24)22-18)13(9-4-2-5-10(19)8-9)14-11(20-16)6-3-7-12(14)23/h2,4-6,8,13-14H,3,7H2,1H3,(H2,20,21,22,24)/t13-,14-/m0/s1. The number of rotatable bonds is 2. The molecule has 2 aromatic rings. The van der Waals surface area contributed by atoms with Crippen molar-refractivity contribution in [3.8, 4) is 0 Å². The van der Waals surface area contributed by atoms with E-state index in [4.69, 9.17) is 0 Å². The number of hydrogen-bond acceptors (Lipinski definition) is 5. The van der Waals surface area contributed by atoms with Gasteiger partial charge in [-0.2, -0.15) is 0 Å². The van der Waals surface area contributed by atoms with E-state index >= 15 is 0 Å². The lowest BCUT2D eigenvalue weighted by Gasteiger charge is -2.36. The summed E-state index contributed by atoms with van der Waals surface area (Å²) in [5.41, 5.74) is 1.45. The molecule has 2 aliphatic rings. The molecule has 1 aliphatic heterocycles. The zero-order chi connectivity index (χ0) is 17.6. The molecule has 0 radical (unpaired) electrons. The van der Waals surface area contributed by atoms with Gasteiger partial charge in [0.05, 0.1) is 11.5 Å². The monoisotopic (exact) mass is 357 g/mol. The summed E-state index contributed by atoms with van der Waals surface area (Å²) in [6, 6.07) is 6.09. The Balaban J connectivity index is 1.98. The van der Waals surface area contributed by atoms with Gasteiger partial charge in [-0.3, -0.25) is 9.59 Å². The van der Waals surface area contributed by atoms with E-state index in [2.05, 4.69) is 15.3 Å². The highest BCUT2D eigenvalue weighted by Gasteiger charge is 2.42. The average molecular weight is 357 g/mol. The van der Waals surface area contributed by atoms with Crippen LogP contribution in [0.15, 0.2) is 46.0 Å². The summed E-state index contributed by atoms with van der Waals surface area (Å²) in [7, 11) is 0. The minimum atomic E-state index is -0.543. The zero-order valence-corrected chi connectivity index (χ0v) is 14.3. The molecule has 0 saturated carbocycles. The molecular formula is C18H16FN3O2S. The first-order chi connectivity index (χ1) is 12.1. The van der Waals surface area contributed by atoms with Crippen LogP contribution in [0.5, 0.6) is 0 Å². The molecule has 128 valence electrons. The maximum absolute atomic E-state index is 13.8. The van der Waals surface area contributed by atoms with Crippen LogP contribution in [-0.4, -0.2) is 22.0 Å². The molecule has 0 amide bonds. The van der Waals surface area contributed by atoms with Gasteiger partial charge in [-0.15, -0.1) is 0 Å². The van der Waals surface area contributed by atoms with Crippen molar-refractivity contribution in [2.24, 2.45) is 5.92 Å². The van der Waals surface area contributed by atoms with Crippen molar-refractivity contribution >= 4 is 23.4 Å². The average Bonchev–Trinajstić information content (AvgIpc) is 2.60. The van der Waals surface area contributed by atoms with Gasteiger partial charge in [0.15, 0.2) is 5.16 Å². The molecule has 4 rings (SSSR count). The third-order valence-corrected chi connectivity index (χ3v) is 5.26. The van der Waals surface area contributed by atoms with Crippen LogP contribution in [0.1, 0.15) is 29.9 Å². The number of thioether (sulfide) groups is 1. The Hall–Kier alpha value is -2.41. The first-order valence-electron chi connectivity index (χ1n) is 8.02. The van der Waals surface area contributed by atoms with Gasteiger partial charge < -0.3 is 10.3 Å². The summed E-state index contributed by atoms with van der Waals surface area (Å²) >= 11 is 1.33. The number of fused-ring (bicyclic) bond motifs is 2. The highest BCUT2D eigenvalue weighted by atomic mass is 32.2. The Labute approximate surface area is 147 Å². The van der Waals surface area contributed by atoms with Gasteiger partial charge in [-0.25, -0.2) is 9.37 Å². The number of halogens is 1. The molecule has 0 saturated heterocycles. The maximum Gasteiger partial charge on any atom is 0.257 e. The van der Waals surface area contributed by atoms with E-state index in [0.29, 0.717) is 34.9 Å². The molecule has 7 heteroatoms. The van der Waals surface area contributed by atoms with Gasteiger partial charge in [0.1, 0.15) is 17.4 Å². The Morgan fingerprint density at radius 3 is 2.88 bits per heavy atom. The van der Waals surface area contributed by atoms with Crippen LogP contribution in [0.3, 0.4) is 0 Å². The number of nitrogens with zero attached hydrogens (tertiary/aromatic N) is 1. The van der Waals surface area contributed by atoms with Crippen LogP contribution in [0.4, 0.5) is 10.2 Å². The van der Waals surface area contributed by atoms with E-state index in [9.17, 15) is 14.0 Å². The normalized spacial score (nSPS) is 21.8. The molecule has 0 fully saturated rings. The smallest absolute Gasteiger partial charge is 0.257 e. The molecule has 1 aromatic heterocycles. The second kappa shape index (κ2) is 6.15. The molecule has 0 bridgehead atoms. The molecule has 2 atom stereocenters. The van der Waals surface area contributed by atoms with Crippen molar-refractivity contribution in [3.05, 3.63) is 63.3 Å². The van der Waals surface area contributed by atoms with Crippen LogP contribution in [0, 0.1) is 11.7 Å². The van der Waals surface area contributed by atoms with Crippen molar-refractivity contribution in [2.45, 2.75) is 23.9 Å². The lowest BCUT2D eigenvalue weighted by Crippen LogP contribution is -2.38. The molecule has 2 heterocycles. The number of aromatic amines is 1. The topological polar surface area (TPSA) is 74.8 Å². The van der Waals surface area contributed by atoms with Crippen LogP contribution < -0.4 is 10.9 Å². The van der Waals surface area contributed by atoms with Gasteiger partial charge >= 0.3 is 0 Å². The molecular weight excluding hydrogens is 341 g/mol. The van der Waals surface area contributed by atoms with E-state index < -0.39 is 17.7 Å². The lowest BCUT2D eigenvalue weighted by atomic mass is 9.72. The molecule has 1 aromatic carbocycles. The van der Waals surface area contributed by atoms with Crippen molar-refractivity contribution in [1.82, 2.24) is 9.97 Å². The Morgan fingerprint density at radius 2 is 2.12 bits per heavy atom. The zero-order valence-electron chi connectivity index (χ0n) is 13.5. The van der Waals surface area contributed by atoms with E-state index in [1.54, 1.807) is 12.1 Å². The SMILES string of the molecule is CSc1nc2c(c(=O)[nH]1)[C@@H](c1cccc(F)c1)[C@@H]1C(=O)CCC=C1N2. The summed E-state index contributed by atoms with van der Waals surface area (Å²) in [6.45, 7) is 0. The van der Waals surface area contributed by atoms with E-state index in [1.807, 2.05) is 12.3 Å². The quantitative estimate of drug-likeness (QED) is 0.638. The van der Waals surface area contributed by atoms with Crippen LogP contribution in [0.2, 0.25) is 0 Å². The number of benzene rings is 1. The van der Waals surface area contributed by atoms with Crippen LogP contribution in [-0.2, 0) is 4.79 Å². The van der Waals surface area contributed by atoms with Crippen molar-refractivity contribution in [2.75, 3.05) is 11.6 Å². The number of Topliss-reactive ketones (excluding diaryl/α,β-unsaturated/α-hetero) is 1. The third kappa shape index (κ3) is 2.68. The van der Waals surface area contributed by atoms with Gasteiger partial charge in [-0.05, 0) is 30.4 Å². The van der Waals surface area contributed by atoms with E-state index in [-0.39, 0.29) is 11.3 Å². The number of hydrogen-bond donors (Lipinski definition) is 2. The van der Waals surface area contributed by atoms with Crippen molar-refractivity contribution < 1.29 is 9.18 Å². The van der Waals surface area contributed by atoms with Crippen LogP contribution in [0.25, 0.3) is 0 Å². The molecule has 5 nitrogen and oxygen atoms in total. The number of anilines is 1. The predicted octanol–water partition coefficient (Wildman–Crippen LogP) is 3.05. The lowest BCUT2D eigenvalue weighted by molar-refractivity contribution is -0.122. The molecule has 0 unspecified atom stereocenters. The fourth-order valence-corrected chi connectivity index (χ4v) is 4.00. The number of nitrogens with one attached hydrogen (secondary N) is 2. The van der Waals surface area contributed by atoms with Gasteiger partial charge in [0.25, 0.3) is 5.56 Å². The first-order valence-corrected chi connectivity index (χ1v) is 9.24. The number of ketones is 1. The number of H-pyrrole nitrogens is 1. The summed E-state index contributed by atoms with van der Waals surface area (Å²) in [4.78, 5) is 32.5. The second-order valence-electron chi connectivity index (χ2n) is 6.14. The molecule has 2 N–H and O–H groups in total. The number of aromatic nitrogens is 2. The molecule has 0 spiro atoms. The van der Waals surface area contributed by atoms with Crippen LogP contribution >= 0.6 is 11.8 Å². The minimum absolute atomic E-state index is 0.0539. The molecule has 1 aliphatic carbocycles. The largest absolute Gasteiger partial charge is 0.343 e. The summed E-state index contributed by atoms with van der Waals surface area (Å²) in [5.74, 6) is -0.946. The fourth-order valence-electron chi connectivity index (χ4n) is 3.62. The fraction of sp³-hybridized carbons (Fsp3) is 0.278. The Morgan fingerprint density at radius 1 is 1.28 bits per heavy atom. The highest BCUT2D eigenvalue weighted by Crippen LogP contribution is 2.44. The number of carbonyl (C=O) groups excluding carboxylic acids is 1. The summed E-state index contributed by atoms with van der Waals surface area (Å²) in [6.07, 6.45) is 4.87. The maximum atomic E-state index is 13.8. The van der Waals surface area contributed by atoms with Gasteiger partial charge in [0.2, 0.25) is 0 Å². The summed E-state index contributed by atoms with van der Waals surface area (Å²) < 4.78 is 13.8. The van der Waals surface area contributed by atoms with E-state index in [0.717, 1.165) is 5.70 Å². The number of allylic oxidation sites excluding steroid dienone is 2. The Kier molecular flexibility index (Phi) is 3.95. The third-order valence-electron chi connectivity index (χ3n) is 4.68. The highest BCUT2D eigenvalue weighted by molar-refractivity contribution is 7.98. The predicted molar refractivity (Wildman–Crippen MR) is 94.3 cm³/mol.